The molecule has 1 atom stereocenters. The molecule has 2 aromatic rings. The van der Waals surface area contributed by atoms with E-state index in [-0.39, 0.29) is 23.3 Å². The molecule has 0 saturated heterocycles. The highest BCUT2D eigenvalue weighted by atomic mass is 32.2. The SMILES string of the molecule is C[C@H](NC(=O)Cc1ccc(S(C)(=O)=O)cc1)c1nncn1C1CCCC1. The van der Waals surface area contributed by atoms with Crippen LogP contribution in [-0.2, 0) is 21.1 Å². The number of benzene rings is 1. The molecule has 1 saturated carbocycles. The Kier molecular flexibility index (Phi) is 5.41. The Morgan fingerprint density at radius 3 is 2.54 bits per heavy atom. The van der Waals surface area contributed by atoms with Crippen molar-refractivity contribution in [2.75, 3.05) is 6.26 Å². The summed E-state index contributed by atoms with van der Waals surface area (Å²) in [6.45, 7) is 1.90. The van der Waals surface area contributed by atoms with Gasteiger partial charge in [0.1, 0.15) is 6.33 Å². The van der Waals surface area contributed by atoms with Crippen LogP contribution in [0.3, 0.4) is 0 Å². The number of nitrogens with one attached hydrogen (secondary N) is 1. The fourth-order valence-corrected chi connectivity index (χ4v) is 4.05. The molecule has 1 aliphatic carbocycles. The summed E-state index contributed by atoms with van der Waals surface area (Å²) in [5.41, 5.74) is 0.763. The van der Waals surface area contributed by atoms with Crippen molar-refractivity contribution in [3.63, 3.8) is 0 Å². The highest BCUT2D eigenvalue weighted by molar-refractivity contribution is 7.90. The zero-order chi connectivity index (χ0) is 18.7. The van der Waals surface area contributed by atoms with Crippen molar-refractivity contribution in [3.05, 3.63) is 42.0 Å². The molecule has 8 heteroatoms. The van der Waals surface area contributed by atoms with Gasteiger partial charge in [0.05, 0.1) is 17.4 Å². The van der Waals surface area contributed by atoms with Gasteiger partial charge >= 0.3 is 0 Å². The first-order valence-electron chi connectivity index (χ1n) is 8.82. The summed E-state index contributed by atoms with van der Waals surface area (Å²) in [6.07, 6.45) is 7.77. The Morgan fingerprint density at radius 2 is 1.92 bits per heavy atom. The van der Waals surface area contributed by atoms with Gasteiger partial charge in [-0.05, 0) is 37.5 Å². The minimum atomic E-state index is -3.23. The van der Waals surface area contributed by atoms with Crippen LogP contribution >= 0.6 is 0 Å². The van der Waals surface area contributed by atoms with E-state index in [0.29, 0.717) is 6.04 Å². The molecule has 26 heavy (non-hydrogen) atoms. The third-order valence-electron chi connectivity index (χ3n) is 4.80. The van der Waals surface area contributed by atoms with Crippen LogP contribution in [-0.4, -0.2) is 35.3 Å². The average Bonchev–Trinajstić information content (AvgIpc) is 3.25. The summed E-state index contributed by atoms with van der Waals surface area (Å²) in [6, 6.07) is 6.57. The van der Waals surface area contributed by atoms with Crippen molar-refractivity contribution in [1.82, 2.24) is 20.1 Å². The second-order valence-electron chi connectivity index (χ2n) is 6.92. The molecule has 0 spiro atoms. The summed E-state index contributed by atoms with van der Waals surface area (Å²) in [4.78, 5) is 12.6. The predicted octanol–water partition coefficient (Wildman–Crippen LogP) is 2.22. The van der Waals surface area contributed by atoms with Crippen LogP contribution in [0.5, 0.6) is 0 Å². The maximum atomic E-state index is 12.3. The van der Waals surface area contributed by atoms with E-state index >= 15 is 0 Å². The number of hydrogen-bond donors (Lipinski definition) is 1. The molecule has 1 aromatic carbocycles. The van der Waals surface area contributed by atoms with E-state index in [1.165, 1.54) is 25.0 Å². The Balaban J connectivity index is 1.62. The van der Waals surface area contributed by atoms with E-state index in [1.54, 1.807) is 18.5 Å². The molecule has 1 N–H and O–H groups in total. The highest BCUT2D eigenvalue weighted by Gasteiger charge is 2.23. The number of nitrogens with zero attached hydrogens (tertiary/aromatic N) is 3. The molecule has 0 bridgehead atoms. The van der Waals surface area contributed by atoms with E-state index in [1.807, 2.05) is 6.92 Å². The minimum Gasteiger partial charge on any atom is -0.346 e. The highest BCUT2D eigenvalue weighted by Crippen LogP contribution is 2.31. The van der Waals surface area contributed by atoms with Crippen LogP contribution in [0.15, 0.2) is 35.5 Å². The zero-order valence-electron chi connectivity index (χ0n) is 15.1. The molecule has 7 nitrogen and oxygen atoms in total. The Labute approximate surface area is 153 Å². The largest absolute Gasteiger partial charge is 0.346 e. The lowest BCUT2D eigenvalue weighted by Crippen LogP contribution is -2.30. The average molecular weight is 376 g/mol. The van der Waals surface area contributed by atoms with E-state index in [0.717, 1.165) is 30.5 Å². The molecular weight excluding hydrogens is 352 g/mol. The number of carbonyl (C=O) groups is 1. The molecule has 1 amide bonds. The lowest BCUT2D eigenvalue weighted by molar-refractivity contribution is -0.121. The number of amides is 1. The van der Waals surface area contributed by atoms with Gasteiger partial charge in [0.25, 0.3) is 0 Å². The number of carbonyl (C=O) groups excluding carboxylic acids is 1. The van der Waals surface area contributed by atoms with Crippen LogP contribution < -0.4 is 5.32 Å². The number of hydrogen-bond acceptors (Lipinski definition) is 5. The van der Waals surface area contributed by atoms with Crippen LogP contribution in [0.25, 0.3) is 0 Å². The summed E-state index contributed by atoms with van der Waals surface area (Å²) < 4.78 is 25.1. The maximum absolute atomic E-state index is 12.3. The van der Waals surface area contributed by atoms with E-state index < -0.39 is 9.84 Å². The third kappa shape index (κ3) is 4.30. The minimum absolute atomic E-state index is 0.134. The second kappa shape index (κ2) is 7.57. The molecule has 3 rings (SSSR count). The summed E-state index contributed by atoms with van der Waals surface area (Å²) in [5, 5.41) is 11.2. The van der Waals surface area contributed by atoms with Crippen molar-refractivity contribution >= 4 is 15.7 Å². The number of aromatic nitrogens is 3. The van der Waals surface area contributed by atoms with Gasteiger partial charge < -0.3 is 9.88 Å². The summed E-state index contributed by atoms with van der Waals surface area (Å²) in [5.74, 6) is 0.642. The van der Waals surface area contributed by atoms with Crippen LogP contribution in [0.4, 0.5) is 0 Å². The first-order valence-corrected chi connectivity index (χ1v) is 10.7. The second-order valence-corrected chi connectivity index (χ2v) is 8.93. The van der Waals surface area contributed by atoms with Gasteiger partial charge in [-0.1, -0.05) is 25.0 Å². The van der Waals surface area contributed by atoms with Crippen molar-refractivity contribution < 1.29 is 13.2 Å². The topological polar surface area (TPSA) is 93.9 Å². The van der Waals surface area contributed by atoms with Gasteiger partial charge in [-0.2, -0.15) is 0 Å². The zero-order valence-corrected chi connectivity index (χ0v) is 15.9. The standard InChI is InChI=1S/C18H24N4O3S/c1-13(18-21-19-12-22(18)15-5-3-4-6-15)20-17(23)11-14-7-9-16(10-8-14)26(2,24)25/h7-10,12-13,15H,3-6,11H2,1-2H3,(H,20,23)/t13-/m0/s1. The van der Waals surface area contributed by atoms with E-state index in [4.69, 9.17) is 0 Å². The molecule has 0 unspecified atom stereocenters. The first kappa shape index (κ1) is 18.6. The van der Waals surface area contributed by atoms with Gasteiger partial charge in [-0.25, -0.2) is 8.42 Å². The van der Waals surface area contributed by atoms with Crippen molar-refractivity contribution in [2.24, 2.45) is 0 Å². The maximum Gasteiger partial charge on any atom is 0.224 e. The molecule has 0 radical (unpaired) electrons. The Bertz CT molecular complexity index is 868. The lowest BCUT2D eigenvalue weighted by atomic mass is 10.1. The molecule has 0 aliphatic heterocycles. The van der Waals surface area contributed by atoms with Gasteiger partial charge in [0.15, 0.2) is 15.7 Å². The lowest BCUT2D eigenvalue weighted by Gasteiger charge is -2.18. The molecule has 140 valence electrons. The quantitative estimate of drug-likeness (QED) is 0.834. The fourth-order valence-electron chi connectivity index (χ4n) is 3.42. The molecule has 1 aliphatic rings. The molecule has 1 aromatic heterocycles. The van der Waals surface area contributed by atoms with Gasteiger partial charge in [0.2, 0.25) is 5.91 Å². The van der Waals surface area contributed by atoms with Crippen molar-refractivity contribution in [1.29, 1.82) is 0 Å². The third-order valence-corrected chi connectivity index (χ3v) is 5.93. The van der Waals surface area contributed by atoms with Gasteiger partial charge in [-0.15, -0.1) is 10.2 Å². The first-order chi connectivity index (χ1) is 12.3. The summed E-state index contributed by atoms with van der Waals surface area (Å²) >= 11 is 0. The van der Waals surface area contributed by atoms with Gasteiger partial charge in [0, 0.05) is 12.3 Å². The van der Waals surface area contributed by atoms with Gasteiger partial charge in [-0.3, -0.25) is 4.79 Å². The predicted molar refractivity (Wildman–Crippen MR) is 97.3 cm³/mol. The molecule has 1 fully saturated rings. The number of sulfone groups is 1. The number of rotatable bonds is 6. The van der Waals surface area contributed by atoms with Crippen LogP contribution in [0.1, 0.15) is 56.1 Å². The van der Waals surface area contributed by atoms with Crippen molar-refractivity contribution in [2.45, 2.75) is 56.0 Å². The Hall–Kier alpha value is -2.22. The summed E-state index contributed by atoms with van der Waals surface area (Å²) in [7, 11) is -3.23. The van der Waals surface area contributed by atoms with Crippen molar-refractivity contribution in [3.8, 4) is 0 Å². The van der Waals surface area contributed by atoms with Crippen LogP contribution in [0.2, 0.25) is 0 Å². The smallest absolute Gasteiger partial charge is 0.224 e. The van der Waals surface area contributed by atoms with Crippen LogP contribution in [0, 0.1) is 0 Å². The Morgan fingerprint density at radius 1 is 1.27 bits per heavy atom. The van der Waals surface area contributed by atoms with E-state index in [2.05, 4.69) is 20.1 Å². The monoisotopic (exact) mass is 376 g/mol. The fraction of sp³-hybridized carbons (Fsp3) is 0.500. The molecule has 1 heterocycles. The normalized spacial score (nSPS) is 16.5. The van der Waals surface area contributed by atoms with E-state index in [9.17, 15) is 13.2 Å². The molecular formula is C18H24N4O3S.